The zero-order chi connectivity index (χ0) is 10.8. The summed E-state index contributed by atoms with van der Waals surface area (Å²) in [5.41, 5.74) is 5.80. The van der Waals surface area contributed by atoms with Gasteiger partial charge < -0.3 is 15.2 Å². The zero-order valence-electron chi connectivity index (χ0n) is 7.96. The van der Waals surface area contributed by atoms with Gasteiger partial charge in [0.05, 0.1) is 16.6 Å². The van der Waals surface area contributed by atoms with Crippen molar-refractivity contribution in [3.63, 3.8) is 0 Å². The fraction of sp³-hybridized carbons (Fsp3) is 0.300. The van der Waals surface area contributed by atoms with E-state index in [2.05, 4.69) is 15.9 Å². The van der Waals surface area contributed by atoms with Crippen LogP contribution in [0.3, 0.4) is 0 Å². The molecule has 1 aromatic carbocycles. The lowest BCUT2D eigenvalue weighted by Gasteiger charge is -2.21. The Morgan fingerprint density at radius 1 is 1.33 bits per heavy atom. The van der Waals surface area contributed by atoms with Crippen molar-refractivity contribution in [1.82, 2.24) is 0 Å². The van der Waals surface area contributed by atoms with Crippen molar-refractivity contribution in [3.8, 4) is 11.5 Å². The molecule has 0 aromatic heterocycles. The number of ether oxygens (including phenoxy) is 2. The molecular formula is C10H10BrNO3. The maximum atomic E-state index is 11.5. The molecule has 0 spiro atoms. The number of nitrogens with two attached hydrogens (primary N) is 1. The van der Waals surface area contributed by atoms with Gasteiger partial charge in [0.25, 0.3) is 0 Å². The van der Waals surface area contributed by atoms with E-state index >= 15 is 0 Å². The van der Waals surface area contributed by atoms with Gasteiger partial charge in [0.15, 0.2) is 17.3 Å². The summed E-state index contributed by atoms with van der Waals surface area (Å²) in [4.78, 5) is 11.5. The van der Waals surface area contributed by atoms with Crippen molar-refractivity contribution in [3.05, 3.63) is 22.2 Å². The summed E-state index contributed by atoms with van der Waals surface area (Å²) >= 11 is 3.34. The standard InChI is InChI=1S/C10H10BrNO3/c11-7-2-1-6(8(13)5-12)9-10(7)15-4-3-14-9/h1-2H,3-5,12H2. The number of carbonyl (C=O) groups is 1. The van der Waals surface area contributed by atoms with Gasteiger partial charge in [-0.1, -0.05) is 0 Å². The quantitative estimate of drug-likeness (QED) is 0.826. The Kier molecular flexibility index (Phi) is 2.93. The van der Waals surface area contributed by atoms with Gasteiger partial charge in [0.2, 0.25) is 0 Å². The van der Waals surface area contributed by atoms with Gasteiger partial charge in [-0.05, 0) is 28.1 Å². The Morgan fingerprint density at radius 3 is 2.67 bits per heavy atom. The summed E-state index contributed by atoms with van der Waals surface area (Å²) in [5.74, 6) is 0.927. The molecule has 80 valence electrons. The third-order valence-electron chi connectivity index (χ3n) is 2.13. The molecule has 1 aliphatic heterocycles. The number of benzene rings is 1. The van der Waals surface area contributed by atoms with E-state index in [4.69, 9.17) is 15.2 Å². The van der Waals surface area contributed by atoms with Crippen LogP contribution in [0.25, 0.3) is 0 Å². The summed E-state index contributed by atoms with van der Waals surface area (Å²) in [5, 5.41) is 0. The normalized spacial score (nSPS) is 13.7. The molecule has 2 rings (SSSR count). The predicted molar refractivity (Wildman–Crippen MR) is 58.5 cm³/mol. The average Bonchev–Trinajstić information content (AvgIpc) is 2.29. The first kappa shape index (κ1) is 10.4. The van der Waals surface area contributed by atoms with Crippen LogP contribution in [-0.4, -0.2) is 25.5 Å². The molecule has 0 saturated heterocycles. The number of halogens is 1. The first-order chi connectivity index (χ1) is 7.24. The maximum Gasteiger partial charge on any atom is 0.180 e. The third kappa shape index (κ3) is 1.85. The first-order valence-corrected chi connectivity index (χ1v) is 5.34. The minimum Gasteiger partial charge on any atom is -0.485 e. The topological polar surface area (TPSA) is 61.6 Å². The fourth-order valence-corrected chi connectivity index (χ4v) is 1.86. The van der Waals surface area contributed by atoms with Gasteiger partial charge in [-0.2, -0.15) is 0 Å². The van der Waals surface area contributed by atoms with Crippen LogP contribution < -0.4 is 15.2 Å². The first-order valence-electron chi connectivity index (χ1n) is 4.55. The summed E-state index contributed by atoms with van der Waals surface area (Å²) in [6.45, 7) is 0.914. The third-order valence-corrected chi connectivity index (χ3v) is 2.75. The molecule has 0 saturated carbocycles. The molecule has 0 atom stereocenters. The van der Waals surface area contributed by atoms with Crippen molar-refractivity contribution < 1.29 is 14.3 Å². The fourth-order valence-electron chi connectivity index (χ4n) is 1.43. The molecular weight excluding hydrogens is 262 g/mol. The molecule has 4 nitrogen and oxygen atoms in total. The monoisotopic (exact) mass is 271 g/mol. The van der Waals surface area contributed by atoms with Crippen LogP contribution in [0.15, 0.2) is 16.6 Å². The molecule has 15 heavy (non-hydrogen) atoms. The molecule has 1 aromatic rings. The molecule has 0 fully saturated rings. The van der Waals surface area contributed by atoms with Gasteiger partial charge >= 0.3 is 0 Å². The number of hydrogen-bond acceptors (Lipinski definition) is 4. The largest absolute Gasteiger partial charge is 0.485 e. The number of fused-ring (bicyclic) bond motifs is 1. The van der Waals surface area contributed by atoms with Crippen LogP contribution in [0.1, 0.15) is 10.4 Å². The van der Waals surface area contributed by atoms with Gasteiger partial charge in [-0.3, -0.25) is 4.79 Å². The van der Waals surface area contributed by atoms with Crippen molar-refractivity contribution >= 4 is 21.7 Å². The van der Waals surface area contributed by atoms with Crippen LogP contribution in [0, 0.1) is 0 Å². The highest BCUT2D eigenvalue weighted by atomic mass is 79.9. The Bertz CT molecular complexity index is 406. The van der Waals surface area contributed by atoms with E-state index in [1.54, 1.807) is 12.1 Å². The Morgan fingerprint density at radius 2 is 2.00 bits per heavy atom. The van der Waals surface area contributed by atoms with Crippen molar-refractivity contribution in [2.45, 2.75) is 0 Å². The number of hydrogen-bond donors (Lipinski definition) is 1. The maximum absolute atomic E-state index is 11.5. The highest BCUT2D eigenvalue weighted by Crippen LogP contribution is 2.40. The molecule has 0 amide bonds. The smallest absolute Gasteiger partial charge is 0.180 e. The minimum absolute atomic E-state index is 0.0303. The second-order valence-corrected chi connectivity index (χ2v) is 3.93. The molecule has 1 aliphatic rings. The van der Waals surface area contributed by atoms with Crippen LogP contribution >= 0.6 is 15.9 Å². The number of carbonyl (C=O) groups excluding carboxylic acids is 1. The number of Topliss-reactive ketones (excluding diaryl/α,β-unsaturated/α-hetero) is 1. The van der Waals surface area contributed by atoms with Gasteiger partial charge in [0.1, 0.15) is 13.2 Å². The van der Waals surface area contributed by atoms with Gasteiger partial charge in [-0.15, -0.1) is 0 Å². The van der Waals surface area contributed by atoms with Gasteiger partial charge in [0, 0.05) is 0 Å². The Hall–Kier alpha value is -1.07. The van der Waals surface area contributed by atoms with Crippen molar-refractivity contribution in [2.24, 2.45) is 5.73 Å². The summed E-state index contributed by atoms with van der Waals surface area (Å²) in [7, 11) is 0. The molecule has 5 heteroatoms. The van der Waals surface area contributed by atoms with Crippen LogP contribution in [0.4, 0.5) is 0 Å². The van der Waals surface area contributed by atoms with Crippen LogP contribution in [0.2, 0.25) is 0 Å². The SMILES string of the molecule is NCC(=O)c1ccc(Br)c2c1OCCO2. The lowest BCUT2D eigenvalue weighted by molar-refractivity contribution is 0.0990. The highest BCUT2D eigenvalue weighted by molar-refractivity contribution is 9.10. The van der Waals surface area contributed by atoms with E-state index < -0.39 is 0 Å². The van der Waals surface area contributed by atoms with Crippen molar-refractivity contribution in [2.75, 3.05) is 19.8 Å². The van der Waals surface area contributed by atoms with E-state index in [0.29, 0.717) is 30.3 Å². The number of ketones is 1. The van der Waals surface area contributed by atoms with Crippen molar-refractivity contribution in [1.29, 1.82) is 0 Å². The molecule has 2 N–H and O–H groups in total. The lowest BCUT2D eigenvalue weighted by atomic mass is 10.1. The number of rotatable bonds is 2. The summed E-state index contributed by atoms with van der Waals surface area (Å²) < 4.78 is 11.6. The summed E-state index contributed by atoms with van der Waals surface area (Å²) in [6.07, 6.45) is 0. The van der Waals surface area contributed by atoms with Crippen LogP contribution in [-0.2, 0) is 0 Å². The molecule has 0 unspecified atom stereocenters. The van der Waals surface area contributed by atoms with E-state index in [-0.39, 0.29) is 12.3 Å². The Labute approximate surface area is 95.5 Å². The average molecular weight is 272 g/mol. The second-order valence-electron chi connectivity index (χ2n) is 3.08. The molecule has 1 heterocycles. The Balaban J connectivity index is 2.52. The second kappa shape index (κ2) is 4.20. The van der Waals surface area contributed by atoms with Gasteiger partial charge in [-0.25, -0.2) is 0 Å². The molecule has 0 bridgehead atoms. The van der Waals surface area contributed by atoms with E-state index in [0.717, 1.165) is 4.47 Å². The van der Waals surface area contributed by atoms with E-state index in [9.17, 15) is 4.79 Å². The zero-order valence-corrected chi connectivity index (χ0v) is 9.54. The van der Waals surface area contributed by atoms with E-state index in [1.807, 2.05) is 0 Å². The predicted octanol–water partition coefficient (Wildman–Crippen LogP) is 1.36. The molecule has 0 radical (unpaired) electrons. The van der Waals surface area contributed by atoms with Crippen LogP contribution in [0.5, 0.6) is 11.5 Å². The minimum atomic E-state index is -0.149. The summed E-state index contributed by atoms with van der Waals surface area (Å²) in [6, 6.07) is 3.45. The van der Waals surface area contributed by atoms with E-state index in [1.165, 1.54) is 0 Å². The lowest BCUT2D eigenvalue weighted by Crippen LogP contribution is -2.20. The highest BCUT2D eigenvalue weighted by Gasteiger charge is 2.21. The molecule has 0 aliphatic carbocycles.